The van der Waals surface area contributed by atoms with Crippen molar-refractivity contribution < 1.29 is 52.1 Å². The third-order valence-corrected chi connectivity index (χ3v) is 8.04. The van der Waals surface area contributed by atoms with Crippen LogP contribution in [0.2, 0.25) is 0 Å². The second-order valence-electron chi connectivity index (χ2n) is 11.2. The Hall–Kier alpha value is -4.33. The number of aromatic nitrogens is 2. The van der Waals surface area contributed by atoms with Gasteiger partial charge in [-0.25, -0.2) is 27.1 Å². The molecule has 0 aliphatic heterocycles. The molecule has 0 aliphatic rings. The van der Waals surface area contributed by atoms with Crippen LogP contribution in [0.25, 0.3) is 17.3 Å². The van der Waals surface area contributed by atoms with Gasteiger partial charge in [-0.15, -0.1) is 15.0 Å². The summed E-state index contributed by atoms with van der Waals surface area (Å²) in [6.45, 7) is 3.71. The Labute approximate surface area is 283 Å². The molecule has 272 valence electrons. The zero-order valence-electron chi connectivity index (χ0n) is 27.6. The summed E-state index contributed by atoms with van der Waals surface area (Å²) in [4.78, 5) is 50.2. The second kappa shape index (κ2) is 20.2. The van der Waals surface area contributed by atoms with Crippen molar-refractivity contribution in [2.45, 2.75) is 70.2 Å². The maximum atomic E-state index is 13.7. The summed E-state index contributed by atoms with van der Waals surface area (Å²) in [7, 11) is -2.39. The van der Waals surface area contributed by atoms with Crippen LogP contribution in [0.3, 0.4) is 0 Å². The molecule has 1 heterocycles. The van der Waals surface area contributed by atoms with Gasteiger partial charge < -0.3 is 29.4 Å². The third-order valence-electron chi connectivity index (χ3n) is 6.89. The number of nitrogens with zero attached hydrogens (tertiary/aromatic N) is 5. The Morgan fingerprint density at radius 3 is 2.43 bits per heavy atom. The molecule has 0 saturated carbocycles. The molecular formula is C30H42FN5O12S. The lowest BCUT2D eigenvalue weighted by atomic mass is 9.97. The minimum atomic E-state index is -3.70. The zero-order chi connectivity index (χ0) is 36.6. The maximum Gasteiger partial charge on any atom is 0.308 e. The van der Waals surface area contributed by atoms with Crippen molar-refractivity contribution in [2.75, 3.05) is 44.0 Å². The highest BCUT2D eigenvalue weighted by Crippen LogP contribution is 2.31. The Kier molecular flexibility index (Phi) is 16.9. The number of halogens is 1. The number of carbonyl (C=O) groups is 1. The van der Waals surface area contributed by atoms with Crippen LogP contribution in [0.15, 0.2) is 35.7 Å². The van der Waals surface area contributed by atoms with Gasteiger partial charge in [0.2, 0.25) is 16.0 Å². The largest absolute Gasteiger partial charge is 0.466 e. The molecular weight excluding hydrogens is 673 g/mol. The van der Waals surface area contributed by atoms with Gasteiger partial charge in [-0.3, -0.25) is 4.79 Å². The Bertz CT molecular complexity index is 1510. The summed E-state index contributed by atoms with van der Waals surface area (Å²) in [6, 6.07) is 5.45. The van der Waals surface area contributed by atoms with Crippen molar-refractivity contribution in [3.05, 3.63) is 62.4 Å². The summed E-state index contributed by atoms with van der Waals surface area (Å²) < 4.78 is 49.6. The summed E-state index contributed by atoms with van der Waals surface area (Å²) in [6.07, 6.45) is 0.963. The number of sulfonamides is 1. The lowest BCUT2D eigenvalue weighted by molar-refractivity contribution is -0.769. The Morgan fingerprint density at radius 1 is 1.14 bits per heavy atom. The van der Waals surface area contributed by atoms with Gasteiger partial charge in [0.05, 0.1) is 42.9 Å². The van der Waals surface area contributed by atoms with Gasteiger partial charge in [0.15, 0.2) is 5.34 Å². The number of aliphatic hydroxyl groups is 2. The van der Waals surface area contributed by atoms with E-state index in [1.165, 1.54) is 37.4 Å². The monoisotopic (exact) mass is 715 g/mol. The predicted molar refractivity (Wildman–Crippen MR) is 174 cm³/mol. The van der Waals surface area contributed by atoms with E-state index in [1.54, 1.807) is 6.08 Å². The van der Waals surface area contributed by atoms with Gasteiger partial charge >= 0.3 is 5.97 Å². The van der Waals surface area contributed by atoms with Crippen molar-refractivity contribution in [3.63, 3.8) is 0 Å². The molecule has 1 aromatic carbocycles. The first-order valence-corrected chi connectivity index (χ1v) is 17.1. The van der Waals surface area contributed by atoms with Crippen LogP contribution in [0.1, 0.15) is 63.1 Å². The highest BCUT2D eigenvalue weighted by Gasteiger charge is 2.23. The standard InChI is InChI=1S/C30H42FN5O12S/c1-20(2)28-26(29(21-7-9-22(31)10-8-21)33-30(32-28)35(3)49(4,43)44)12-11-23(37)17-24(38)18-27(39)46-15-6-5-14-45-16-13-25(19-47-34-40)48-36(41)42/h7-12,20,23-25,37-38H,5-6,13-19H2,1-4H3/b12-11+/t23?,24-,25?/m1/s1. The van der Waals surface area contributed by atoms with Crippen LogP contribution < -0.4 is 4.31 Å². The van der Waals surface area contributed by atoms with E-state index < -0.39 is 51.8 Å². The fourth-order valence-electron chi connectivity index (χ4n) is 4.31. The fraction of sp³-hybridized carbons (Fsp3) is 0.567. The van der Waals surface area contributed by atoms with Crippen LogP contribution in [-0.4, -0.2) is 97.7 Å². The average Bonchev–Trinajstić information content (AvgIpc) is 3.02. The number of aliphatic hydroxyl groups excluding tert-OH is 2. The molecule has 49 heavy (non-hydrogen) atoms. The maximum absolute atomic E-state index is 13.7. The topological polar surface area (TPSA) is 230 Å². The normalized spacial score (nSPS) is 13.6. The SMILES string of the molecule is CC(C)c1nc(N(C)S(C)(=O)=O)nc(-c2ccc(F)cc2)c1/C=C/C(O)C[C@@H](O)CC(=O)OCCCCOCCC(CON=O)O[N+](=O)[O-]. The molecule has 17 nitrogen and oxygen atoms in total. The first-order chi connectivity index (χ1) is 23.1. The van der Waals surface area contributed by atoms with Crippen LogP contribution in [0.5, 0.6) is 0 Å². The van der Waals surface area contributed by atoms with Crippen LogP contribution in [0, 0.1) is 20.8 Å². The van der Waals surface area contributed by atoms with E-state index in [2.05, 4.69) is 25.0 Å². The lowest BCUT2D eigenvalue weighted by Crippen LogP contribution is -2.27. The Morgan fingerprint density at radius 2 is 1.82 bits per heavy atom. The Balaban J connectivity index is 1.93. The van der Waals surface area contributed by atoms with Gasteiger partial charge in [0, 0.05) is 44.2 Å². The molecule has 3 atom stereocenters. The molecule has 19 heteroatoms. The smallest absolute Gasteiger partial charge is 0.308 e. The number of hydrogen-bond acceptors (Lipinski definition) is 15. The molecule has 0 fully saturated rings. The van der Waals surface area contributed by atoms with E-state index >= 15 is 0 Å². The number of ether oxygens (including phenoxy) is 2. The molecule has 1 aromatic heterocycles. The van der Waals surface area contributed by atoms with E-state index in [-0.39, 0.29) is 50.9 Å². The van der Waals surface area contributed by atoms with Crippen LogP contribution in [0.4, 0.5) is 10.3 Å². The van der Waals surface area contributed by atoms with E-state index in [0.29, 0.717) is 35.4 Å². The quantitative estimate of drug-likeness (QED) is 0.0553. The van der Waals surface area contributed by atoms with E-state index in [9.17, 15) is 42.8 Å². The van der Waals surface area contributed by atoms with Gasteiger partial charge in [0.25, 0.3) is 5.09 Å². The highest BCUT2D eigenvalue weighted by molar-refractivity contribution is 7.92. The minimum Gasteiger partial charge on any atom is -0.466 e. The van der Waals surface area contributed by atoms with Crippen molar-refractivity contribution >= 4 is 28.0 Å². The fourth-order valence-corrected chi connectivity index (χ4v) is 4.68. The number of anilines is 1. The number of rotatable bonds is 23. The average molecular weight is 716 g/mol. The number of hydrogen-bond donors (Lipinski definition) is 2. The minimum absolute atomic E-state index is 0.0535. The molecule has 0 aliphatic carbocycles. The number of unbranched alkanes of at least 4 members (excludes halogenated alkanes) is 1. The third kappa shape index (κ3) is 14.8. The number of benzene rings is 1. The summed E-state index contributed by atoms with van der Waals surface area (Å²) in [5.41, 5.74) is 1.70. The van der Waals surface area contributed by atoms with Gasteiger partial charge in [-0.05, 0) is 43.0 Å². The molecule has 2 rings (SSSR count). The highest BCUT2D eigenvalue weighted by atomic mass is 32.2. The summed E-state index contributed by atoms with van der Waals surface area (Å²) >= 11 is 0. The van der Waals surface area contributed by atoms with Crippen molar-refractivity contribution in [1.29, 1.82) is 0 Å². The van der Waals surface area contributed by atoms with Crippen LogP contribution in [-0.2, 0) is 34.0 Å². The second-order valence-corrected chi connectivity index (χ2v) is 13.2. The summed E-state index contributed by atoms with van der Waals surface area (Å²) in [5, 5.41) is 32.7. The predicted octanol–water partition coefficient (Wildman–Crippen LogP) is 3.32. The molecule has 2 unspecified atom stereocenters. The molecule has 0 amide bonds. The molecule has 2 N–H and O–H groups in total. The van der Waals surface area contributed by atoms with E-state index in [1.807, 2.05) is 13.8 Å². The van der Waals surface area contributed by atoms with Gasteiger partial charge in [-0.2, -0.15) is 0 Å². The molecule has 2 aromatic rings. The first kappa shape index (κ1) is 40.8. The van der Waals surface area contributed by atoms with E-state index in [0.717, 1.165) is 10.6 Å². The number of carbonyl (C=O) groups excluding carboxylic acids is 1. The molecule has 0 radical (unpaired) electrons. The summed E-state index contributed by atoms with van der Waals surface area (Å²) in [5.74, 6) is -1.45. The lowest BCUT2D eigenvalue weighted by Gasteiger charge is -2.20. The first-order valence-electron chi connectivity index (χ1n) is 15.3. The van der Waals surface area contributed by atoms with Crippen LogP contribution >= 0.6 is 0 Å². The molecule has 0 saturated heterocycles. The zero-order valence-corrected chi connectivity index (χ0v) is 28.5. The number of esters is 1. The van der Waals surface area contributed by atoms with Gasteiger partial charge in [0.1, 0.15) is 18.5 Å². The molecule has 0 spiro atoms. The van der Waals surface area contributed by atoms with E-state index in [4.69, 9.17) is 9.47 Å². The van der Waals surface area contributed by atoms with Crippen molar-refractivity contribution in [3.8, 4) is 11.3 Å². The van der Waals surface area contributed by atoms with Crippen molar-refractivity contribution in [2.24, 2.45) is 5.34 Å². The van der Waals surface area contributed by atoms with Gasteiger partial charge in [-0.1, -0.05) is 26.0 Å². The van der Waals surface area contributed by atoms with Crippen molar-refractivity contribution in [1.82, 2.24) is 9.97 Å². The molecule has 0 bridgehead atoms.